The average Bonchev–Trinajstić information content (AvgIpc) is 3.20. The smallest absolute Gasteiger partial charge is 0.323 e. The molecule has 1 aromatic rings. The van der Waals surface area contributed by atoms with Crippen LogP contribution in [-0.2, 0) is 20.7 Å². The van der Waals surface area contributed by atoms with Gasteiger partial charge in [-0.2, -0.15) is 0 Å². The Hall–Kier alpha value is -1.40. The summed E-state index contributed by atoms with van der Waals surface area (Å²) in [6, 6.07) is 3.87. The average molecular weight is 365 g/mol. The zero-order chi connectivity index (χ0) is 18.0. The molecule has 0 bridgehead atoms. The number of carboxylic acid groups (broad SMARTS) is 1. The van der Waals surface area contributed by atoms with E-state index >= 15 is 0 Å². The minimum absolute atomic E-state index is 0.0214. The maximum atomic E-state index is 12.7. The van der Waals surface area contributed by atoms with Crippen LogP contribution in [-0.4, -0.2) is 47.2 Å². The summed E-state index contributed by atoms with van der Waals surface area (Å²) in [6.45, 7) is 4.89. The van der Waals surface area contributed by atoms with E-state index in [4.69, 9.17) is 4.74 Å². The summed E-state index contributed by atoms with van der Waals surface area (Å²) in [5.74, 6) is 0.471. The van der Waals surface area contributed by atoms with E-state index in [-0.39, 0.29) is 24.6 Å². The van der Waals surface area contributed by atoms with Crippen molar-refractivity contribution in [1.29, 1.82) is 0 Å². The lowest BCUT2D eigenvalue weighted by Crippen LogP contribution is -2.43. The van der Waals surface area contributed by atoms with E-state index in [1.165, 1.54) is 11.3 Å². The van der Waals surface area contributed by atoms with Gasteiger partial charge >= 0.3 is 5.97 Å². The van der Waals surface area contributed by atoms with Crippen molar-refractivity contribution in [2.24, 2.45) is 17.8 Å². The first-order valence-corrected chi connectivity index (χ1v) is 9.97. The molecule has 6 heteroatoms. The molecule has 0 radical (unpaired) electrons. The van der Waals surface area contributed by atoms with Gasteiger partial charge in [0.05, 0.1) is 19.1 Å². The zero-order valence-corrected chi connectivity index (χ0v) is 15.7. The molecule has 3 rings (SSSR count). The molecule has 0 unspecified atom stereocenters. The van der Waals surface area contributed by atoms with Crippen LogP contribution < -0.4 is 0 Å². The van der Waals surface area contributed by atoms with Crippen molar-refractivity contribution in [2.45, 2.75) is 51.7 Å². The quantitative estimate of drug-likeness (QED) is 0.841. The first-order valence-electron chi connectivity index (χ1n) is 9.09. The highest BCUT2D eigenvalue weighted by molar-refractivity contribution is 7.10. The molecule has 0 spiro atoms. The molecule has 1 N–H and O–H groups in total. The molecule has 4 atom stereocenters. The maximum Gasteiger partial charge on any atom is 0.323 e. The Morgan fingerprint density at radius 1 is 1.32 bits per heavy atom. The fourth-order valence-electron chi connectivity index (χ4n) is 4.24. The largest absolute Gasteiger partial charge is 0.480 e. The Morgan fingerprint density at radius 2 is 2.08 bits per heavy atom. The second-order valence-corrected chi connectivity index (χ2v) is 8.70. The number of fused-ring (bicyclic) bond motifs is 1. The second kappa shape index (κ2) is 7.87. The Kier molecular flexibility index (Phi) is 5.79. The van der Waals surface area contributed by atoms with Crippen LogP contribution in [0.4, 0.5) is 0 Å². The van der Waals surface area contributed by atoms with E-state index in [2.05, 4.69) is 13.8 Å². The first kappa shape index (κ1) is 18.4. The number of rotatable bonds is 6. The third-order valence-corrected chi connectivity index (χ3v) is 6.47. The van der Waals surface area contributed by atoms with E-state index < -0.39 is 5.97 Å². The van der Waals surface area contributed by atoms with Crippen LogP contribution >= 0.6 is 11.3 Å². The van der Waals surface area contributed by atoms with E-state index in [1.54, 1.807) is 4.90 Å². The van der Waals surface area contributed by atoms with Crippen molar-refractivity contribution in [2.75, 3.05) is 13.2 Å². The predicted molar refractivity (Wildman–Crippen MR) is 96.6 cm³/mol. The molecule has 1 aromatic heterocycles. The number of nitrogens with zero attached hydrogens (tertiary/aromatic N) is 1. The van der Waals surface area contributed by atoms with Gasteiger partial charge in [0.25, 0.3) is 0 Å². The van der Waals surface area contributed by atoms with E-state index in [0.717, 1.165) is 30.7 Å². The lowest BCUT2D eigenvalue weighted by Gasteiger charge is -2.34. The van der Waals surface area contributed by atoms with Crippen molar-refractivity contribution in [3.05, 3.63) is 22.4 Å². The zero-order valence-electron chi connectivity index (χ0n) is 14.9. The molecule has 0 aromatic carbocycles. The van der Waals surface area contributed by atoms with Gasteiger partial charge in [-0.3, -0.25) is 9.59 Å². The van der Waals surface area contributed by atoms with E-state index in [9.17, 15) is 14.7 Å². The summed E-state index contributed by atoms with van der Waals surface area (Å²) in [4.78, 5) is 26.6. The molecule has 2 fully saturated rings. The standard InChI is InChI=1S/C19H27NO4S/c1-12(2)17-8-13-6-15(7-14(13)11-24-17)20(10-19(22)23)18(21)9-16-4-3-5-25-16/h3-5,12-15,17H,6-11H2,1-2H3,(H,22,23)/t13-,14+,15-,17-/m0/s1. The molecule has 5 nitrogen and oxygen atoms in total. The fourth-order valence-corrected chi connectivity index (χ4v) is 4.93. The highest BCUT2D eigenvalue weighted by atomic mass is 32.1. The molecule has 2 aliphatic rings. The Balaban J connectivity index is 1.67. The SMILES string of the molecule is CC(C)[C@@H]1C[C@@H]2C[C@H](N(CC(=O)O)C(=O)Cc3cccs3)C[C@@H]2CO1. The number of carboxylic acids is 1. The maximum absolute atomic E-state index is 12.7. The molecule has 2 heterocycles. The third kappa shape index (κ3) is 4.42. The number of hydrogen-bond donors (Lipinski definition) is 1. The number of carbonyl (C=O) groups is 2. The van der Waals surface area contributed by atoms with Gasteiger partial charge in [-0.15, -0.1) is 11.3 Å². The summed E-state index contributed by atoms with van der Waals surface area (Å²) >= 11 is 1.54. The van der Waals surface area contributed by atoms with Crippen molar-refractivity contribution in [3.63, 3.8) is 0 Å². The van der Waals surface area contributed by atoms with Crippen molar-refractivity contribution < 1.29 is 19.4 Å². The van der Waals surface area contributed by atoms with Crippen LogP contribution in [0.15, 0.2) is 17.5 Å². The fraction of sp³-hybridized carbons (Fsp3) is 0.684. The minimum atomic E-state index is -0.939. The van der Waals surface area contributed by atoms with Gasteiger partial charge in [-0.05, 0) is 48.5 Å². The van der Waals surface area contributed by atoms with Crippen LogP contribution in [0.1, 0.15) is 38.0 Å². The van der Waals surface area contributed by atoms with Crippen molar-refractivity contribution in [1.82, 2.24) is 4.90 Å². The first-order chi connectivity index (χ1) is 11.9. The molecule has 1 aliphatic carbocycles. The van der Waals surface area contributed by atoms with Crippen LogP contribution in [0.2, 0.25) is 0 Å². The number of amides is 1. The van der Waals surface area contributed by atoms with Gasteiger partial charge in [0.2, 0.25) is 5.91 Å². The summed E-state index contributed by atoms with van der Waals surface area (Å²) in [7, 11) is 0. The van der Waals surface area contributed by atoms with E-state index in [0.29, 0.717) is 24.2 Å². The van der Waals surface area contributed by atoms with Crippen LogP contribution in [0, 0.1) is 17.8 Å². The molecule has 138 valence electrons. The normalized spacial score (nSPS) is 28.8. The van der Waals surface area contributed by atoms with Crippen LogP contribution in [0.25, 0.3) is 0 Å². The van der Waals surface area contributed by atoms with Crippen LogP contribution in [0.3, 0.4) is 0 Å². The third-order valence-electron chi connectivity index (χ3n) is 5.59. The molecular formula is C19H27NO4S. The summed E-state index contributed by atoms with van der Waals surface area (Å²) in [5, 5.41) is 11.2. The summed E-state index contributed by atoms with van der Waals surface area (Å²) < 4.78 is 5.99. The summed E-state index contributed by atoms with van der Waals surface area (Å²) in [5.41, 5.74) is 0. The lowest BCUT2D eigenvalue weighted by molar-refractivity contribution is -0.146. The van der Waals surface area contributed by atoms with E-state index in [1.807, 2.05) is 17.5 Å². The molecule has 1 saturated heterocycles. The van der Waals surface area contributed by atoms with Gasteiger partial charge in [0, 0.05) is 10.9 Å². The van der Waals surface area contributed by atoms with Gasteiger partial charge in [-0.1, -0.05) is 19.9 Å². The lowest BCUT2D eigenvalue weighted by atomic mass is 9.85. The van der Waals surface area contributed by atoms with Gasteiger partial charge in [0.1, 0.15) is 6.54 Å². The van der Waals surface area contributed by atoms with Gasteiger partial charge in [-0.25, -0.2) is 0 Å². The minimum Gasteiger partial charge on any atom is -0.480 e. The number of carbonyl (C=O) groups excluding carboxylic acids is 1. The highest BCUT2D eigenvalue weighted by Gasteiger charge is 2.43. The predicted octanol–water partition coefficient (Wildman–Crippen LogP) is 3.04. The Morgan fingerprint density at radius 3 is 2.72 bits per heavy atom. The number of thiophene rings is 1. The van der Waals surface area contributed by atoms with Crippen molar-refractivity contribution >= 4 is 23.2 Å². The van der Waals surface area contributed by atoms with Crippen LogP contribution in [0.5, 0.6) is 0 Å². The Labute approximate surface area is 153 Å². The highest BCUT2D eigenvalue weighted by Crippen LogP contribution is 2.42. The molecule has 25 heavy (non-hydrogen) atoms. The topological polar surface area (TPSA) is 66.8 Å². The van der Waals surface area contributed by atoms with Crippen molar-refractivity contribution in [3.8, 4) is 0 Å². The van der Waals surface area contributed by atoms with Gasteiger partial charge in [0.15, 0.2) is 0 Å². The molecule has 1 saturated carbocycles. The monoisotopic (exact) mass is 365 g/mol. The molecule has 1 aliphatic heterocycles. The van der Waals surface area contributed by atoms with Gasteiger partial charge < -0.3 is 14.7 Å². The second-order valence-electron chi connectivity index (χ2n) is 7.67. The molecular weight excluding hydrogens is 338 g/mol. The number of ether oxygens (including phenoxy) is 1. The number of hydrogen-bond acceptors (Lipinski definition) is 4. The Bertz CT molecular complexity index is 601. The molecule has 1 amide bonds. The number of aliphatic carboxylic acids is 1. The summed E-state index contributed by atoms with van der Waals surface area (Å²) in [6.07, 6.45) is 3.37.